The Balaban J connectivity index is 1.63. The lowest BCUT2D eigenvalue weighted by Gasteiger charge is -2.12. The van der Waals surface area contributed by atoms with Gasteiger partial charge in [-0.25, -0.2) is 4.79 Å². The fraction of sp³-hybridized carbons (Fsp3) is 0.167. The summed E-state index contributed by atoms with van der Waals surface area (Å²) < 4.78 is 2.14. The normalized spacial score (nSPS) is 15.3. The Morgan fingerprint density at radius 2 is 1.69 bits per heavy atom. The average Bonchev–Trinajstić information content (AvgIpc) is 3.12. The number of carbonyl (C=O) groups is 2. The van der Waals surface area contributed by atoms with Crippen molar-refractivity contribution in [3.05, 3.63) is 94.4 Å². The molecule has 0 atom stereocenters. The summed E-state index contributed by atoms with van der Waals surface area (Å²) >= 11 is 0. The van der Waals surface area contributed by atoms with Crippen molar-refractivity contribution in [1.82, 2.24) is 14.8 Å². The van der Waals surface area contributed by atoms with Crippen LogP contribution in [0.1, 0.15) is 28.1 Å². The Kier molecular flexibility index (Phi) is 4.80. The molecule has 0 saturated carbocycles. The highest BCUT2D eigenvalue weighted by atomic mass is 16.2. The third-order valence-electron chi connectivity index (χ3n) is 5.17. The van der Waals surface area contributed by atoms with Crippen LogP contribution in [0.25, 0.3) is 11.8 Å². The molecule has 1 aliphatic rings. The summed E-state index contributed by atoms with van der Waals surface area (Å²) in [6.45, 7) is 6.29. The average molecular weight is 385 g/mol. The largest absolute Gasteiger partial charge is 0.329 e. The standard InChI is InChI=1S/C24H23N3O2/c1-16-8-7-9-19(12-16)15-26-23(28)22(25-24(26)29)14-20-13-17(2)27(18(20)3)21-10-5-4-6-11-21/h4-14H,15H2,1-3H3,(H,25,29)/b22-14-. The fourth-order valence-corrected chi connectivity index (χ4v) is 3.77. The van der Waals surface area contributed by atoms with Gasteiger partial charge in [-0.3, -0.25) is 9.69 Å². The molecule has 2 aromatic carbocycles. The lowest BCUT2D eigenvalue weighted by atomic mass is 10.1. The maximum atomic E-state index is 12.9. The van der Waals surface area contributed by atoms with Gasteiger partial charge in [-0.2, -0.15) is 0 Å². The second kappa shape index (κ2) is 7.43. The maximum Gasteiger partial charge on any atom is 0.329 e. The van der Waals surface area contributed by atoms with E-state index >= 15 is 0 Å². The Labute approximate surface area is 170 Å². The monoisotopic (exact) mass is 385 g/mol. The molecule has 1 saturated heterocycles. The molecule has 0 unspecified atom stereocenters. The number of benzene rings is 2. The summed E-state index contributed by atoms with van der Waals surface area (Å²) in [5.74, 6) is -0.305. The highest BCUT2D eigenvalue weighted by Gasteiger charge is 2.33. The Morgan fingerprint density at radius 1 is 0.931 bits per heavy atom. The summed E-state index contributed by atoms with van der Waals surface area (Å²) in [6.07, 6.45) is 1.76. The van der Waals surface area contributed by atoms with Gasteiger partial charge in [-0.1, -0.05) is 48.0 Å². The predicted octanol–water partition coefficient (Wildman–Crippen LogP) is 4.50. The van der Waals surface area contributed by atoms with E-state index in [2.05, 4.69) is 9.88 Å². The van der Waals surface area contributed by atoms with Crippen LogP contribution in [0.4, 0.5) is 4.79 Å². The number of nitrogens with zero attached hydrogens (tertiary/aromatic N) is 2. The number of hydrogen-bond acceptors (Lipinski definition) is 2. The van der Waals surface area contributed by atoms with E-state index in [4.69, 9.17) is 0 Å². The number of rotatable bonds is 4. The number of imide groups is 1. The molecule has 146 valence electrons. The molecule has 0 bridgehead atoms. The highest BCUT2D eigenvalue weighted by molar-refractivity contribution is 6.14. The van der Waals surface area contributed by atoms with Crippen LogP contribution < -0.4 is 5.32 Å². The molecule has 29 heavy (non-hydrogen) atoms. The number of para-hydroxylation sites is 1. The fourth-order valence-electron chi connectivity index (χ4n) is 3.77. The molecule has 5 heteroatoms. The first-order valence-corrected chi connectivity index (χ1v) is 9.58. The minimum absolute atomic E-state index is 0.257. The van der Waals surface area contributed by atoms with Gasteiger partial charge in [0.1, 0.15) is 5.70 Å². The van der Waals surface area contributed by atoms with Crippen LogP contribution in [0.5, 0.6) is 0 Å². The summed E-state index contributed by atoms with van der Waals surface area (Å²) in [7, 11) is 0. The second-order valence-corrected chi connectivity index (χ2v) is 7.37. The van der Waals surface area contributed by atoms with Gasteiger partial charge in [0.25, 0.3) is 5.91 Å². The number of amides is 3. The number of urea groups is 1. The molecule has 1 fully saturated rings. The predicted molar refractivity (Wildman–Crippen MR) is 113 cm³/mol. The third-order valence-corrected chi connectivity index (χ3v) is 5.17. The molecule has 0 radical (unpaired) electrons. The highest BCUT2D eigenvalue weighted by Crippen LogP contribution is 2.24. The summed E-state index contributed by atoms with van der Waals surface area (Å²) in [5.41, 5.74) is 6.38. The van der Waals surface area contributed by atoms with E-state index in [1.165, 1.54) is 4.90 Å². The molecular weight excluding hydrogens is 362 g/mol. The van der Waals surface area contributed by atoms with Crippen LogP contribution >= 0.6 is 0 Å². The minimum atomic E-state index is -0.389. The van der Waals surface area contributed by atoms with Crippen molar-refractivity contribution in [3.63, 3.8) is 0 Å². The summed E-state index contributed by atoms with van der Waals surface area (Å²) in [5, 5.41) is 2.72. The van der Waals surface area contributed by atoms with Crippen molar-refractivity contribution in [2.75, 3.05) is 0 Å². The number of nitrogens with one attached hydrogen (secondary N) is 1. The van der Waals surface area contributed by atoms with Gasteiger partial charge in [0.15, 0.2) is 0 Å². The molecule has 0 aliphatic carbocycles. The van der Waals surface area contributed by atoms with Gasteiger partial charge in [0.2, 0.25) is 0 Å². The van der Waals surface area contributed by atoms with Gasteiger partial charge in [-0.15, -0.1) is 0 Å². The van der Waals surface area contributed by atoms with Gasteiger partial charge < -0.3 is 9.88 Å². The van der Waals surface area contributed by atoms with E-state index in [1.807, 2.05) is 81.4 Å². The lowest BCUT2D eigenvalue weighted by molar-refractivity contribution is -0.123. The zero-order valence-corrected chi connectivity index (χ0v) is 16.8. The molecule has 1 aromatic heterocycles. The maximum absolute atomic E-state index is 12.9. The van der Waals surface area contributed by atoms with Crippen LogP contribution in [0.15, 0.2) is 66.4 Å². The molecule has 1 aliphatic heterocycles. The van der Waals surface area contributed by atoms with E-state index in [9.17, 15) is 9.59 Å². The van der Waals surface area contributed by atoms with Gasteiger partial charge >= 0.3 is 6.03 Å². The van der Waals surface area contributed by atoms with E-state index in [0.29, 0.717) is 5.70 Å². The van der Waals surface area contributed by atoms with Gasteiger partial charge in [0, 0.05) is 17.1 Å². The number of aromatic nitrogens is 1. The summed E-state index contributed by atoms with van der Waals surface area (Å²) in [4.78, 5) is 26.5. The van der Waals surface area contributed by atoms with Gasteiger partial charge in [0.05, 0.1) is 6.54 Å². The SMILES string of the molecule is Cc1cccc(CN2C(=O)N/C(=C\c3cc(C)n(-c4ccccc4)c3C)C2=O)c1. The first-order chi connectivity index (χ1) is 13.9. The van der Waals surface area contributed by atoms with E-state index in [1.54, 1.807) is 6.08 Å². The Morgan fingerprint density at radius 3 is 2.41 bits per heavy atom. The number of carbonyl (C=O) groups excluding carboxylic acids is 2. The van der Waals surface area contributed by atoms with Crippen molar-refractivity contribution in [3.8, 4) is 5.69 Å². The van der Waals surface area contributed by atoms with Crippen LogP contribution in [-0.2, 0) is 11.3 Å². The zero-order valence-electron chi connectivity index (χ0n) is 16.8. The van der Waals surface area contributed by atoms with Crippen molar-refractivity contribution in [1.29, 1.82) is 0 Å². The van der Waals surface area contributed by atoms with E-state index in [0.717, 1.165) is 33.8 Å². The number of aryl methyl sites for hydroxylation is 2. The lowest BCUT2D eigenvalue weighted by Crippen LogP contribution is -2.30. The van der Waals surface area contributed by atoms with Crippen molar-refractivity contribution in [2.24, 2.45) is 0 Å². The van der Waals surface area contributed by atoms with Crippen LogP contribution in [0.2, 0.25) is 0 Å². The Bertz CT molecular complexity index is 1130. The third kappa shape index (κ3) is 3.59. The van der Waals surface area contributed by atoms with Crippen molar-refractivity contribution >= 4 is 18.0 Å². The smallest absolute Gasteiger partial charge is 0.318 e. The second-order valence-electron chi connectivity index (χ2n) is 7.37. The van der Waals surface area contributed by atoms with Gasteiger partial charge in [-0.05, 0) is 56.2 Å². The molecule has 4 rings (SSSR count). The molecule has 3 aromatic rings. The molecule has 3 amide bonds. The van der Waals surface area contributed by atoms with E-state index in [-0.39, 0.29) is 18.5 Å². The molecular formula is C24H23N3O2. The zero-order chi connectivity index (χ0) is 20.5. The molecule has 1 N–H and O–H groups in total. The Hall–Kier alpha value is -3.60. The van der Waals surface area contributed by atoms with Crippen LogP contribution in [-0.4, -0.2) is 21.4 Å². The van der Waals surface area contributed by atoms with Crippen LogP contribution in [0, 0.1) is 20.8 Å². The quantitative estimate of drug-likeness (QED) is 0.531. The van der Waals surface area contributed by atoms with Crippen molar-refractivity contribution < 1.29 is 9.59 Å². The van der Waals surface area contributed by atoms with Crippen molar-refractivity contribution in [2.45, 2.75) is 27.3 Å². The van der Waals surface area contributed by atoms with E-state index < -0.39 is 0 Å². The molecule has 2 heterocycles. The van der Waals surface area contributed by atoms with Crippen LogP contribution in [0.3, 0.4) is 0 Å². The minimum Gasteiger partial charge on any atom is -0.318 e. The first kappa shape index (κ1) is 18.7. The first-order valence-electron chi connectivity index (χ1n) is 9.58. The molecule has 5 nitrogen and oxygen atoms in total. The number of hydrogen-bond donors (Lipinski definition) is 1. The topological polar surface area (TPSA) is 54.3 Å². The summed E-state index contributed by atoms with van der Waals surface area (Å²) in [6, 6.07) is 19.5. The molecule has 0 spiro atoms.